The summed E-state index contributed by atoms with van der Waals surface area (Å²) < 4.78 is 0. The van der Waals surface area contributed by atoms with Crippen molar-refractivity contribution in [1.29, 1.82) is 0 Å². The molecule has 1 N–H and O–H groups in total. The van der Waals surface area contributed by atoms with Gasteiger partial charge in [0.1, 0.15) is 0 Å². The van der Waals surface area contributed by atoms with Crippen LogP contribution in [0.25, 0.3) is 0 Å². The van der Waals surface area contributed by atoms with Crippen molar-refractivity contribution < 1.29 is 4.79 Å². The Morgan fingerprint density at radius 1 is 1.28 bits per heavy atom. The summed E-state index contributed by atoms with van der Waals surface area (Å²) in [5, 5.41) is 4.17. The van der Waals surface area contributed by atoms with E-state index in [9.17, 15) is 4.79 Å². The third-order valence-corrected chi connectivity index (χ3v) is 6.43. The molecule has 1 fully saturated rings. The second kappa shape index (κ2) is 3.60. The van der Waals surface area contributed by atoms with Crippen LogP contribution in [0, 0.1) is 16.7 Å². The molecule has 1 amide bonds. The Labute approximate surface area is 113 Å². The number of amides is 1. The number of hydrogen-bond acceptors (Lipinski definition) is 2. The maximum Gasteiger partial charge on any atom is 0.229 e. The van der Waals surface area contributed by atoms with Crippen molar-refractivity contribution in [3.8, 4) is 0 Å². The zero-order valence-corrected chi connectivity index (χ0v) is 12.4. The highest BCUT2D eigenvalue weighted by Crippen LogP contribution is 2.68. The molecule has 2 aliphatic carbocycles. The molecule has 0 aliphatic heterocycles. The summed E-state index contributed by atoms with van der Waals surface area (Å²) in [5.41, 5.74) is 1.69. The fourth-order valence-corrected chi connectivity index (χ4v) is 4.59. The minimum absolute atomic E-state index is 0.122. The first-order chi connectivity index (χ1) is 8.34. The number of carbonyl (C=O) groups excluding carboxylic acids is 1. The highest BCUT2D eigenvalue weighted by molar-refractivity contribution is 7.16. The zero-order chi connectivity index (χ0) is 13.1. The molecule has 0 spiro atoms. The van der Waals surface area contributed by atoms with E-state index in [-0.39, 0.29) is 22.7 Å². The number of carbonyl (C=O) groups is 1. The van der Waals surface area contributed by atoms with Gasteiger partial charge in [-0.25, -0.2) is 0 Å². The summed E-state index contributed by atoms with van der Waals surface area (Å²) in [6, 6.07) is 2.17. The van der Waals surface area contributed by atoms with Crippen LogP contribution in [0.4, 0.5) is 5.00 Å². The quantitative estimate of drug-likeness (QED) is 0.862. The maximum atomic E-state index is 12.3. The maximum absolute atomic E-state index is 12.3. The van der Waals surface area contributed by atoms with E-state index in [0.29, 0.717) is 0 Å². The lowest BCUT2D eigenvalue weighted by atomic mass is 10.0. The molecule has 0 atom stereocenters. The molecule has 1 saturated carbocycles. The molecule has 2 aliphatic rings. The van der Waals surface area contributed by atoms with Crippen molar-refractivity contribution in [2.45, 2.75) is 47.0 Å². The normalized spacial score (nSPS) is 23.8. The van der Waals surface area contributed by atoms with Crippen LogP contribution < -0.4 is 5.32 Å². The van der Waals surface area contributed by atoms with Crippen LogP contribution in [0.5, 0.6) is 0 Å². The van der Waals surface area contributed by atoms with Gasteiger partial charge in [-0.1, -0.05) is 27.7 Å². The van der Waals surface area contributed by atoms with Gasteiger partial charge in [0, 0.05) is 10.8 Å². The number of aryl methyl sites for hydroxylation is 2. The molecule has 0 saturated heterocycles. The van der Waals surface area contributed by atoms with Gasteiger partial charge in [0.05, 0.1) is 5.00 Å². The van der Waals surface area contributed by atoms with Gasteiger partial charge in [-0.3, -0.25) is 4.79 Å². The summed E-state index contributed by atoms with van der Waals surface area (Å²) in [4.78, 5) is 13.8. The molecule has 2 nitrogen and oxygen atoms in total. The first kappa shape index (κ1) is 12.2. The number of rotatable bonds is 2. The molecule has 0 bridgehead atoms. The first-order valence-electron chi connectivity index (χ1n) is 6.76. The number of anilines is 1. The third-order valence-electron chi connectivity index (χ3n) is 5.28. The average molecular weight is 263 g/mol. The van der Waals surface area contributed by atoms with E-state index in [1.165, 1.54) is 29.7 Å². The summed E-state index contributed by atoms with van der Waals surface area (Å²) in [5.74, 6) is 0.340. The van der Waals surface area contributed by atoms with Gasteiger partial charge < -0.3 is 5.32 Å². The van der Waals surface area contributed by atoms with Crippen molar-refractivity contribution in [1.82, 2.24) is 0 Å². The fraction of sp³-hybridized carbons (Fsp3) is 0.667. The van der Waals surface area contributed by atoms with Crippen molar-refractivity contribution in [3.63, 3.8) is 0 Å². The van der Waals surface area contributed by atoms with Crippen LogP contribution in [-0.2, 0) is 17.6 Å². The van der Waals surface area contributed by atoms with E-state index in [2.05, 4.69) is 39.1 Å². The zero-order valence-electron chi connectivity index (χ0n) is 11.6. The summed E-state index contributed by atoms with van der Waals surface area (Å²) in [7, 11) is 0. The SMILES string of the molecule is CC1(C)C(C(=O)Nc2cc3c(s2)CCC3)C1(C)C. The standard InChI is InChI=1S/C15H21NOS/c1-14(2)12(15(14,3)4)13(17)16-11-8-9-6-5-7-10(9)18-11/h8,12H,5-7H2,1-4H3,(H,16,17). The van der Waals surface area contributed by atoms with Gasteiger partial charge >= 0.3 is 0 Å². The molecule has 0 aromatic carbocycles. The summed E-state index contributed by atoms with van der Waals surface area (Å²) >= 11 is 1.76. The first-order valence-corrected chi connectivity index (χ1v) is 7.58. The molecule has 0 unspecified atom stereocenters. The van der Waals surface area contributed by atoms with Crippen LogP contribution in [0.15, 0.2) is 6.07 Å². The molecule has 0 radical (unpaired) electrons. The predicted molar refractivity (Wildman–Crippen MR) is 76.0 cm³/mol. The highest BCUT2D eigenvalue weighted by atomic mass is 32.1. The van der Waals surface area contributed by atoms with Gasteiger partial charge in [0.25, 0.3) is 0 Å². The number of thiophene rings is 1. The molecule has 98 valence electrons. The van der Waals surface area contributed by atoms with Crippen molar-refractivity contribution >= 4 is 22.2 Å². The Morgan fingerprint density at radius 3 is 2.50 bits per heavy atom. The molecule has 1 aromatic heterocycles. The molecular formula is C15H21NOS. The van der Waals surface area contributed by atoms with Crippen molar-refractivity contribution in [2.24, 2.45) is 16.7 Å². The Bertz CT molecular complexity index is 477. The molecule has 3 heteroatoms. The van der Waals surface area contributed by atoms with E-state index < -0.39 is 0 Å². The summed E-state index contributed by atoms with van der Waals surface area (Å²) in [6.45, 7) is 8.74. The predicted octanol–water partition coefficient (Wildman–Crippen LogP) is 3.86. The number of nitrogens with one attached hydrogen (secondary N) is 1. The van der Waals surface area contributed by atoms with Crippen LogP contribution in [0.1, 0.15) is 44.6 Å². The number of hydrogen-bond donors (Lipinski definition) is 1. The lowest BCUT2D eigenvalue weighted by molar-refractivity contribution is -0.118. The Hall–Kier alpha value is -0.830. The van der Waals surface area contributed by atoms with Crippen LogP contribution in [0.2, 0.25) is 0 Å². The monoisotopic (exact) mass is 263 g/mol. The van der Waals surface area contributed by atoms with E-state index in [4.69, 9.17) is 0 Å². The Kier molecular flexibility index (Phi) is 2.44. The Balaban J connectivity index is 1.72. The number of fused-ring (bicyclic) bond motifs is 1. The fourth-order valence-electron chi connectivity index (χ4n) is 3.44. The highest BCUT2D eigenvalue weighted by Gasteiger charge is 2.68. The van der Waals surface area contributed by atoms with Crippen molar-refractivity contribution in [2.75, 3.05) is 5.32 Å². The van der Waals surface area contributed by atoms with Crippen LogP contribution in [0.3, 0.4) is 0 Å². The average Bonchev–Trinajstić information content (AvgIpc) is 2.62. The molecular weight excluding hydrogens is 242 g/mol. The second-order valence-corrected chi connectivity index (χ2v) is 7.92. The minimum Gasteiger partial charge on any atom is -0.317 e. The third kappa shape index (κ3) is 1.56. The van der Waals surface area contributed by atoms with Gasteiger partial charge in [0.2, 0.25) is 5.91 Å². The Morgan fingerprint density at radius 2 is 1.94 bits per heavy atom. The molecule has 1 heterocycles. The van der Waals surface area contributed by atoms with Crippen molar-refractivity contribution in [3.05, 3.63) is 16.5 Å². The topological polar surface area (TPSA) is 29.1 Å². The molecule has 3 rings (SSSR count). The van der Waals surface area contributed by atoms with Crippen LogP contribution in [-0.4, -0.2) is 5.91 Å². The summed E-state index contributed by atoms with van der Waals surface area (Å²) in [6.07, 6.45) is 3.65. The smallest absolute Gasteiger partial charge is 0.229 e. The molecule has 18 heavy (non-hydrogen) atoms. The van der Waals surface area contributed by atoms with E-state index in [1.807, 2.05) is 0 Å². The lowest BCUT2D eigenvalue weighted by Gasteiger charge is -2.03. The van der Waals surface area contributed by atoms with Gasteiger partial charge in [-0.15, -0.1) is 11.3 Å². The largest absolute Gasteiger partial charge is 0.317 e. The van der Waals surface area contributed by atoms with Crippen LogP contribution >= 0.6 is 11.3 Å². The van der Waals surface area contributed by atoms with Gasteiger partial charge in [0.15, 0.2) is 0 Å². The second-order valence-electron chi connectivity index (χ2n) is 6.78. The van der Waals surface area contributed by atoms with E-state index >= 15 is 0 Å². The van der Waals surface area contributed by atoms with E-state index in [1.54, 1.807) is 11.3 Å². The van der Waals surface area contributed by atoms with E-state index in [0.717, 1.165) is 5.00 Å². The lowest BCUT2D eigenvalue weighted by Crippen LogP contribution is -2.16. The van der Waals surface area contributed by atoms with Gasteiger partial charge in [-0.2, -0.15) is 0 Å². The molecule has 1 aromatic rings. The minimum atomic E-state index is 0.122. The van der Waals surface area contributed by atoms with Gasteiger partial charge in [-0.05, 0) is 41.7 Å².